The molecule has 5 rings (SSSR count). The summed E-state index contributed by atoms with van der Waals surface area (Å²) in [4.78, 5) is 24.3. The SMILES string of the molecule is CC(=O)Nc1nc(Cl)c2ncn(C3OC4COC(C)(C)O[C@H]4C4OC(C)(C)O[C@@H]4[C@]3(C)O)c2n1. The van der Waals surface area contributed by atoms with Crippen molar-refractivity contribution in [2.75, 3.05) is 11.9 Å². The summed E-state index contributed by atoms with van der Waals surface area (Å²) < 4.78 is 32.4. The third-order valence-electron chi connectivity index (χ3n) is 6.13. The summed E-state index contributed by atoms with van der Waals surface area (Å²) in [7, 11) is 0. The molecule has 0 aliphatic carbocycles. The summed E-state index contributed by atoms with van der Waals surface area (Å²) in [6, 6.07) is 0. The lowest BCUT2D eigenvalue weighted by molar-refractivity contribution is -0.334. The molecule has 3 saturated heterocycles. The fraction of sp³-hybridized carbons (Fsp3) is 0.714. The number of halogens is 1. The highest BCUT2D eigenvalue weighted by Crippen LogP contribution is 2.47. The van der Waals surface area contributed by atoms with Gasteiger partial charge in [0.15, 0.2) is 28.6 Å². The molecule has 3 aliphatic rings. The molecule has 12 nitrogen and oxygen atoms in total. The molecular formula is C21H28ClN5O7. The minimum Gasteiger partial charge on any atom is -0.383 e. The topological polar surface area (TPSA) is 139 Å². The van der Waals surface area contributed by atoms with E-state index in [-0.39, 0.29) is 34.8 Å². The van der Waals surface area contributed by atoms with Crippen molar-refractivity contribution in [3.05, 3.63) is 11.5 Å². The molecule has 0 spiro atoms. The highest BCUT2D eigenvalue weighted by Gasteiger charge is 2.62. The summed E-state index contributed by atoms with van der Waals surface area (Å²) in [5.74, 6) is -2.18. The van der Waals surface area contributed by atoms with Crippen molar-refractivity contribution in [2.24, 2.45) is 0 Å². The zero-order valence-electron chi connectivity index (χ0n) is 19.7. The largest absolute Gasteiger partial charge is 0.383 e. The summed E-state index contributed by atoms with van der Waals surface area (Å²) in [5.41, 5.74) is -1.07. The van der Waals surface area contributed by atoms with Crippen LogP contribution in [0.3, 0.4) is 0 Å². The average molecular weight is 498 g/mol. The lowest BCUT2D eigenvalue weighted by Gasteiger charge is -2.42. The van der Waals surface area contributed by atoms with Gasteiger partial charge in [-0.2, -0.15) is 9.97 Å². The van der Waals surface area contributed by atoms with E-state index < -0.39 is 47.8 Å². The zero-order valence-corrected chi connectivity index (χ0v) is 20.5. The second-order valence-corrected chi connectivity index (χ2v) is 10.3. The molecule has 3 aliphatic heterocycles. The van der Waals surface area contributed by atoms with Crippen LogP contribution in [0.15, 0.2) is 6.33 Å². The number of ether oxygens (including phenoxy) is 5. The van der Waals surface area contributed by atoms with E-state index in [1.807, 2.05) is 13.8 Å². The first-order valence-electron chi connectivity index (χ1n) is 11.0. The monoisotopic (exact) mass is 497 g/mol. The van der Waals surface area contributed by atoms with Crippen LogP contribution in [0, 0.1) is 0 Å². The number of carbonyl (C=O) groups excluding carboxylic acids is 1. The number of aromatic nitrogens is 4. The molecule has 0 saturated carbocycles. The molecule has 0 aromatic carbocycles. The van der Waals surface area contributed by atoms with Crippen molar-refractivity contribution >= 4 is 34.6 Å². The quantitative estimate of drug-likeness (QED) is 0.590. The Morgan fingerprint density at radius 1 is 1.15 bits per heavy atom. The minimum absolute atomic E-state index is 0.00318. The van der Waals surface area contributed by atoms with Crippen LogP contribution in [-0.4, -0.2) is 78.7 Å². The van der Waals surface area contributed by atoms with Gasteiger partial charge in [-0.15, -0.1) is 0 Å². The second kappa shape index (κ2) is 7.79. The van der Waals surface area contributed by atoms with Gasteiger partial charge < -0.3 is 28.8 Å². The Kier molecular flexibility index (Phi) is 5.45. The summed E-state index contributed by atoms with van der Waals surface area (Å²) in [6.45, 7) is 10.3. The Labute approximate surface area is 200 Å². The zero-order chi connectivity index (χ0) is 24.6. The Bertz CT molecular complexity index is 1140. The molecule has 0 radical (unpaired) electrons. The number of anilines is 1. The molecule has 6 atom stereocenters. The summed E-state index contributed by atoms with van der Waals surface area (Å²) >= 11 is 6.30. The third-order valence-corrected chi connectivity index (χ3v) is 6.40. The second-order valence-electron chi connectivity index (χ2n) is 9.91. The van der Waals surface area contributed by atoms with Gasteiger partial charge in [0.2, 0.25) is 11.9 Å². The van der Waals surface area contributed by atoms with Crippen LogP contribution < -0.4 is 5.32 Å². The van der Waals surface area contributed by atoms with Crippen LogP contribution in [-0.2, 0) is 28.5 Å². The Balaban J connectivity index is 1.63. The van der Waals surface area contributed by atoms with Gasteiger partial charge in [0.1, 0.15) is 35.5 Å². The van der Waals surface area contributed by atoms with Gasteiger partial charge in [-0.1, -0.05) is 11.6 Å². The number of imidazole rings is 1. The van der Waals surface area contributed by atoms with E-state index in [1.165, 1.54) is 13.3 Å². The maximum atomic E-state index is 11.9. The number of fused-ring (bicyclic) bond motifs is 4. The van der Waals surface area contributed by atoms with Crippen LogP contribution in [0.4, 0.5) is 5.95 Å². The van der Waals surface area contributed by atoms with E-state index in [2.05, 4.69) is 20.3 Å². The fourth-order valence-corrected chi connectivity index (χ4v) is 4.96. The number of nitrogens with zero attached hydrogens (tertiary/aromatic N) is 4. The van der Waals surface area contributed by atoms with Gasteiger partial charge in [-0.25, -0.2) is 4.98 Å². The molecule has 186 valence electrons. The molecular weight excluding hydrogens is 470 g/mol. The summed E-state index contributed by atoms with van der Waals surface area (Å²) in [5, 5.41) is 14.5. The van der Waals surface area contributed by atoms with Crippen molar-refractivity contribution in [3.8, 4) is 0 Å². The molecule has 1 amide bonds. The van der Waals surface area contributed by atoms with Crippen LogP contribution >= 0.6 is 11.6 Å². The first-order chi connectivity index (χ1) is 15.8. The fourth-order valence-electron chi connectivity index (χ4n) is 4.75. The Morgan fingerprint density at radius 3 is 2.56 bits per heavy atom. The molecule has 34 heavy (non-hydrogen) atoms. The maximum absolute atomic E-state index is 11.9. The van der Waals surface area contributed by atoms with Crippen LogP contribution in [0.5, 0.6) is 0 Å². The number of carbonyl (C=O) groups is 1. The Hall–Kier alpha value is -1.93. The molecule has 2 aromatic rings. The highest BCUT2D eigenvalue weighted by molar-refractivity contribution is 6.33. The van der Waals surface area contributed by atoms with Gasteiger partial charge in [0.25, 0.3) is 0 Å². The van der Waals surface area contributed by atoms with Crippen molar-refractivity contribution in [1.29, 1.82) is 0 Å². The van der Waals surface area contributed by atoms with Crippen molar-refractivity contribution < 1.29 is 33.6 Å². The lowest BCUT2D eigenvalue weighted by atomic mass is 9.90. The number of nitrogens with one attached hydrogen (secondary N) is 1. The summed E-state index contributed by atoms with van der Waals surface area (Å²) in [6.07, 6.45) is -2.21. The molecule has 13 heteroatoms. The molecule has 2 aromatic heterocycles. The minimum atomic E-state index is -1.62. The highest BCUT2D eigenvalue weighted by atomic mass is 35.5. The van der Waals surface area contributed by atoms with Gasteiger partial charge >= 0.3 is 0 Å². The number of aliphatic hydroxyl groups is 1. The van der Waals surface area contributed by atoms with Gasteiger partial charge in [-0.3, -0.25) is 14.7 Å². The molecule has 3 unspecified atom stereocenters. The third kappa shape index (κ3) is 3.96. The number of hydrogen-bond donors (Lipinski definition) is 2. The average Bonchev–Trinajstić information content (AvgIpc) is 3.25. The predicted molar refractivity (Wildman–Crippen MR) is 118 cm³/mol. The molecule has 2 N–H and O–H groups in total. The van der Waals surface area contributed by atoms with E-state index in [0.29, 0.717) is 0 Å². The van der Waals surface area contributed by atoms with E-state index in [9.17, 15) is 9.90 Å². The van der Waals surface area contributed by atoms with E-state index in [4.69, 9.17) is 35.3 Å². The van der Waals surface area contributed by atoms with Crippen LogP contribution in [0.25, 0.3) is 11.2 Å². The van der Waals surface area contributed by atoms with E-state index in [0.717, 1.165) is 0 Å². The van der Waals surface area contributed by atoms with E-state index in [1.54, 1.807) is 25.3 Å². The predicted octanol–water partition coefficient (Wildman–Crippen LogP) is 1.76. The maximum Gasteiger partial charge on any atom is 0.232 e. The van der Waals surface area contributed by atoms with Gasteiger partial charge in [-0.05, 0) is 34.6 Å². The Morgan fingerprint density at radius 2 is 1.85 bits per heavy atom. The van der Waals surface area contributed by atoms with Gasteiger partial charge in [0, 0.05) is 6.92 Å². The van der Waals surface area contributed by atoms with Gasteiger partial charge in [0.05, 0.1) is 12.9 Å². The van der Waals surface area contributed by atoms with Crippen LogP contribution in [0.2, 0.25) is 5.15 Å². The standard InChI is InChI=1S/C21H28ClN5O7/c1-9(28)24-18-25-15(22)11-16(26-18)27(8-23-11)17-21(6,29)14-13(33-20(4,5)34-14)12-10(31-17)7-30-19(2,3)32-12/h8,10,12-14,17,29H,7H2,1-6H3,(H,24,25,26,28)/t10?,12-,13?,14+,17?,21+/m1/s1. The van der Waals surface area contributed by atoms with E-state index >= 15 is 0 Å². The number of hydrogen-bond acceptors (Lipinski definition) is 10. The van der Waals surface area contributed by atoms with Crippen molar-refractivity contribution in [1.82, 2.24) is 19.5 Å². The molecule has 5 heterocycles. The number of rotatable bonds is 2. The van der Waals surface area contributed by atoms with Crippen LogP contribution in [0.1, 0.15) is 47.8 Å². The molecule has 0 bridgehead atoms. The number of amides is 1. The lowest BCUT2D eigenvalue weighted by Crippen LogP contribution is -2.56. The molecule has 3 fully saturated rings. The normalized spacial score (nSPS) is 36.5. The van der Waals surface area contributed by atoms with Crippen molar-refractivity contribution in [3.63, 3.8) is 0 Å². The first-order valence-corrected chi connectivity index (χ1v) is 11.4. The van der Waals surface area contributed by atoms with Crippen molar-refractivity contribution in [2.45, 2.75) is 89.4 Å². The smallest absolute Gasteiger partial charge is 0.232 e. The first kappa shape index (κ1) is 23.8.